The number of rotatable bonds is 8. The minimum Gasteiger partial charge on any atom is -0.510 e. The minimum absolute atomic E-state index is 0. The Morgan fingerprint density at radius 3 is 2.03 bits per heavy atom. The van der Waals surface area contributed by atoms with E-state index in [1.165, 1.54) is 45.7 Å². The number of nitrogens with zero attached hydrogens (tertiary/aromatic N) is 5. The molecule has 0 bridgehead atoms. The summed E-state index contributed by atoms with van der Waals surface area (Å²) in [6.07, 6.45) is 4.47. The molecule has 0 fully saturated rings. The van der Waals surface area contributed by atoms with Crippen LogP contribution in [-0.2, 0) is 21.1 Å². The number of hydrogen-bond donors (Lipinski definition) is 0. The van der Waals surface area contributed by atoms with Crippen molar-refractivity contribution < 1.29 is 55.0 Å². The van der Waals surface area contributed by atoms with Gasteiger partial charge < -0.3 is 13.9 Å². The van der Waals surface area contributed by atoms with Gasteiger partial charge in [0.2, 0.25) is 0 Å². The molecule has 8 aromatic carbocycles. The second-order valence-corrected chi connectivity index (χ2v) is 13.8. The van der Waals surface area contributed by atoms with Crippen molar-refractivity contribution in [1.82, 2.24) is 14.1 Å². The smallest absolute Gasteiger partial charge is 0.268 e. The number of para-hydroxylation sites is 2. The maximum Gasteiger partial charge on any atom is 0.268 e. The monoisotopic (exact) mass is 1010 g/mol. The number of imidazole rings is 1. The Hall–Kier alpha value is -7.84. The van der Waals surface area contributed by atoms with Gasteiger partial charge >= 0.3 is 0 Å². The Kier molecular flexibility index (Phi) is 6.30. The largest absolute Gasteiger partial charge is 0.510 e. The molecule has 0 aliphatic rings. The van der Waals surface area contributed by atoms with E-state index in [9.17, 15) is 0 Å². The Morgan fingerprint density at radius 2 is 1.33 bits per heavy atom. The summed E-state index contributed by atoms with van der Waals surface area (Å²) in [5, 5.41) is 1.42. The predicted molar refractivity (Wildman–Crippen MR) is 247 cm³/mol. The fourth-order valence-corrected chi connectivity index (χ4v) is 7.54. The summed E-state index contributed by atoms with van der Waals surface area (Å²) < 4.78 is 166. The van der Waals surface area contributed by atoms with Crippen molar-refractivity contribution in [2.75, 3.05) is 0 Å². The van der Waals surface area contributed by atoms with E-state index in [0.29, 0.717) is 27.5 Å². The Bertz CT molecular complexity index is 4380. The molecule has 0 unspecified atom stereocenters. The van der Waals surface area contributed by atoms with Gasteiger partial charge in [0.15, 0.2) is 5.69 Å². The van der Waals surface area contributed by atoms with E-state index >= 15 is 0 Å². The molecule has 0 aliphatic heterocycles. The fourth-order valence-electron chi connectivity index (χ4n) is 7.54. The van der Waals surface area contributed by atoms with Crippen LogP contribution in [0.5, 0.6) is 11.5 Å². The standard InChI is InChI=1S/C56H35N5O.Pt/c1-38-32-55(58-36-50(38)41-20-10-5-11-21-41)61-51-27-13-12-24-48(51)49-30-29-45(35-53(49)61)62-44-23-14-22-43(34-44)59-37-60(52-31-28-42(57-2)33-54(52)59)56-46(39-16-6-3-7-17-39)25-15-26-47(56)40-18-8-4-9-19-40;/h3-33,36H,1H3;/q-2;/i1D3,3D,4D,5D,6D,7D,8D,9D,10D,11D,16D,17D,18D,19D,20D,21D;. The third kappa shape index (κ3) is 7.09. The summed E-state index contributed by atoms with van der Waals surface area (Å²) >= 11 is 0. The summed E-state index contributed by atoms with van der Waals surface area (Å²) in [5.74, 6) is 0.434. The molecule has 3 heterocycles. The Labute approximate surface area is 404 Å². The first-order valence-electron chi connectivity index (χ1n) is 27.9. The molecule has 11 aromatic rings. The van der Waals surface area contributed by atoms with Crippen LogP contribution < -0.4 is 9.30 Å². The first kappa shape index (κ1) is 24.0. The van der Waals surface area contributed by atoms with Crippen molar-refractivity contribution in [2.45, 2.75) is 6.85 Å². The molecule has 3 aromatic heterocycles. The van der Waals surface area contributed by atoms with Gasteiger partial charge in [0, 0.05) is 54.0 Å². The van der Waals surface area contributed by atoms with Crippen LogP contribution in [0.4, 0.5) is 5.69 Å². The average Bonchev–Trinajstić information content (AvgIpc) is 4.25. The summed E-state index contributed by atoms with van der Waals surface area (Å²) in [6, 6.07) is 23.6. The maximum absolute atomic E-state index is 9.02. The maximum atomic E-state index is 9.02. The van der Waals surface area contributed by atoms with Crippen LogP contribution in [0.15, 0.2) is 194 Å². The average molecular weight is 1010 g/mol. The van der Waals surface area contributed by atoms with Gasteiger partial charge in [0.05, 0.1) is 43.9 Å². The summed E-state index contributed by atoms with van der Waals surface area (Å²) in [5.41, 5.74) is 0.984. The SMILES string of the molecule is [2H]c1c([2H])c([2H])c(-c2cnc(-n3c4[c-]c(Oc5[c-]c(-n6[c-][n+](-c7c(-c8c([2H])c([2H])c([2H])c([2H])c8[2H])cccc7-c7c([2H])c([2H])c([2H])c([2H])c7[2H])c7ccc([N+]#[C-])cc76)ccc5)ccc4c4ccccc43)cc2C([2H])([2H])[2H])c([2H])c1[2H].[Pt]. The third-order valence-electron chi connectivity index (χ3n) is 10.2. The molecule has 0 saturated heterocycles. The van der Waals surface area contributed by atoms with Crippen LogP contribution in [0.25, 0.3) is 88.3 Å². The molecule has 0 N–H and O–H groups in total. The summed E-state index contributed by atoms with van der Waals surface area (Å²) in [6.45, 7) is 5.09. The number of ether oxygens (including phenoxy) is 1. The van der Waals surface area contributed by atoms with Crippen molar-refractivity contribution in [3.8, 4) is 62.1 Å². The molecule has 0 spiro atoms. The quantitative estimate of drug-likeness (QED) is 0.112. The zero-order valence-corrected chi connectivity index (χ0v) is 34.5. The molecule has 0 saturated carbocycles. The van der Waals surface area contributed by atoms with Gasteiger partial charge in [-0.15, -0.1) is 29.7 Å². The fraction of sp³-hybridized carbons (Fsp3) is 0.0179. The van der Waals surface area contributed by atoms with Gasteiger partial charge in [-0.1, -0.05) is 145 Å². The number of hydrogen-bond acceptors (Lipinski definition) is 2. The first-order valence-corrected chi connectivity index (χ1v) is 18.9. The number of aryl methyl sites for hydroxylation is 1. The van der Waals surface area contributed by atoms with Crippen molar-refractivity contribution in [1.29, 1.82) is 0 Å². The zero-order valence-electron chi connectivity index (χ0n) is 50.3. The topological polar surface area (TPSA) is 40.2 Å². The van der Waals surface area contributed by atoms with Gasteiger partial charge in [-0.3, -0.25) is 4.57 Å². The molecule has 0 radical (unpaired) electrons. The van der Waals surface area contributed by atoms with Gasteiger partial charge in [-0.05, 0) is 69.5 Å². The molecule has 302 valence electrons. The van der Waals surface area contributed by atoms with Crippen molar-refractivity contribution >= 4 is 38.5 Å². The van der Waals surface area contributed by atoms with Crippen LogP contribution >= 0.6 is 0 Å². The summed E-state index contributed by atoms with van der Waals surface area (Å²) in [7, 11) is 0. The second-order valence-electron chi connectivity index (χ2n) is 13.8. The normalized spacial score (nSPS) is 15.3. The molecule has 63 heavy (non-hydrogen) atoms. The van der Waals surface area contributed by atoms with E-state index in [1.807, 2.05) is 12.1 Å². The molecular formula is C56H35N5OPt-2. The number of fused-ring (bicyclic) bond motifs is 4. The van der Waals surface area contributed by atoms with E-state index in [2.05, 4.69) is 28.3 Å². The first-order chi connectivity index (χ1) is 38.0. The number of pyridine rings is 1. The molecule has 0 aliphatic carbocycles. The zero-order chi connectivity index (χ0) is 57.1. The predicted octanol–water partition coefficient (Wildman–Crippen LogP) is 13.4. The van der Waals surface area contributed by atoms with E-state index < -0.39 is 97.5 Å². The van der Waals surface area contributed by atoms with Gasteiger partial charge in [0.25, 0.3) is 6.33 Å². The van der Waals surface area contributed by atoms with E-state index in [4.69, 9.17) is 36.0 Å². The molecule has 11 rings (SSSR count). The Balaban J connectivity index is 0.00000736. The van der Waals surface area contributed by atoms with Gasteiger partial charge in [-0.2, -0.15) is 18.2 Å². The molecule has 7 heteroatoms. The van der Waals surface area contributed by atoms with Crippen LogP contribution in [0.2, 0.25) is 0 Å². The van der Waals surface area contributed by atoms with Crippen molar-refractivity contribution in [2.24, 2.45) is 0 Å². The van der Waals surface area contributed by atoms with Crippen LogP contribution in [0, 0.1) is 31.9 Å². The van der Waals surface area contributed by atoms with Crippen LogP contribution in [0.1, 0.15) is 30.2 Å². The van der Waals surface area contributed by atoms with E-state index in [1.54, 1.807) is 59.2 Å². The van der Waals surface area contributed by atoms with Gasteiger partial charge in [-0.25, -0.2) is 9.83 Å². The number of benzene rings is 8. The molecule has 6 nitrogen and oxygen atoms in total. The van der Waals surface area contributed by atoms with E-state index in [-0.39, 0.29) is 94.4 Å². The molecule has 0 amide bonds. The molecular weight excluding hydrogens is 954 g/mol. The van der Waals surface area contributed by atoms with Crippen molar-refractivity contribution in [3.05, 3.63) is 229 Å². The van der Waals surface area contributed by atoms with Crippen LogP contribution in [0.3, 0.4) is 0 Å². The summed E-state index contributed by atoms with van der Waals surface area (Å²) in [4.78, 5) is 8.29. The Morgan fingerprint density at radius 1 is 0.667 bits per heavy atom. The second kappa shape index (κ2) is 16.6. The third-order valence-corrected chi connectivity index (χ3v) is 10.2. The van der Waals surface area contributed by atoms with Gasteiger partial charge in [0.1, 0.15) is 5.82 Å². The van der Waals surface area contributed by atoms with Crippen LogP contribution in [-0.4, -0.2) is 14.1 Å². The van der Waals surface area contributed by atoms with E-state index in [0.717, 1.165) is 5.39 Å². The van der Waals surface area contributed by atoms with Crippen molar-refractivity contribution in [3.63, 3.8) is 0 Å². The number of aromatic nitrogens is 4. The molecule has 0 atom stereocenters. The minimum atomic E-state index is -2.84.